The number of β-amino-alcohol motifs (C(OH)–C–C–N with tert-alkyl or cyclic N) is 1. The molecule has 4 rings (SSSR count). The van der Waals surface area contributed by atoms with Crippen LogP contribution in [-0.4, -0.2) is 46.2 Å². The van der Waals surface area contributed by atoms with Crippen LogP contribution in [0.3, 0.4) is 0 Å². The van der Waals surface area contributed by atoms with Crippen molar-refractivity contribution in [1.29, 1.82) is 0 Å². The smallest absolute Gasteiger partial charge is 0.337 e. The molecule has 0 saturated heterocycles. The number of anilines is 1. The van der Waals surface area contributed by atoms with Gasteiger partial charge < -0.3 is 20.1 Å². The molecule has 0 spiro atoms. The normalized spacial score (nSPS) is 12.9. The van der Waals surface area contributed by atoms with Gasteiger partial charge in [-0.1, -0.05) is 41.9 Å². The SMILES string of the molecule is CC(C)(CCn1cnc2cc(Cl)c(C(=O)O)cc21)NC[C@H](O)c1cccc(NS(=O)(=O)c2ccccc2)c1. The summed E-state index contributed by atoms with van der Waals surface area (Å²) in [5, 5.41) is 23.7. The second-order valence-corrected chi connectivity index (χ2v) is 11.7. The molecule has 0 fully saturated rings. The molecule has 11 heteroatoms. The molecule has 0 amide bonds. The zero-order valence-electron chi connectivity index (χ0n) is 20.9. The number of rotatable bonds is 11. The van der Waals surface area contributed by atoms with Gasteiger partial charge in [-0.25, -0.2) is 18.2 Å². The Labute approximate surface area is 226 Å². The van der Waals surface area contributed by atoms with Crippen molar-refractivity contribution in [3.63, 3.8) is 0 Å². The molecule has 1 aromatic heterocycles. The molecule has 4 aromatic rings. The van der Waals surface area contributed by atoms with Gasteiger partial charge in [-0.2, -0.15) is 0 Å². The number of carboxylic acids is 1. The summed E-state index contributed by atoms with van der Waals surface area (Å²) in [4.78, 5) is 15.9. The maximum absolute atomic E-state index is 12.6. The summed E-state index contributed by atoms with van der Waals surface area (Å²) in [7, 11) is -3.74. The standard InChI is InChI=1S/C27H29ClN4O5S/c1-27(2,11-12-32-17-29-23-15-22(28)21(26(34)35)14-24(23)32)30-16-25(33)18-7-6-8-19(13-18)31-38(36,37)20-9-4-3-5-10-20/h3-10,13-15,17,25,30-31,33H,11-12,16H2,1-2H3,(H,34,35)/t25-/m0/s1. The highest BCUT2D eigenvalue weighted by atomic mass is 35.5. The fourth-order valence-electron chi connectivity index (χ4n) is 4.02. The minimum Gasteiger partial charge on any atom is -0.478 e. The summed E-state index contributed by atoms with van der Waals surface area (Å²) in [6.45, 7) is 4.81. The highest BCUT2D eigenvalue weighted by molar-refractivity contribution is 7.92. The number of hydrogen-bond donors (Lipinski definition) is 4. The third-order valence-corrected chi connectivity index (χ3v) is 7.98. The van der Waals surface area contributed by atoms with Crippen LogP contribution in [0.5, 0.6) is 0 Å². The van der Waals surface area contributed by atoms with Crippen molar-refractivity contribution in [2.75, 3.05) is 11.3 Å². The Morgan fingerprint density at radius 2 is 1.84 bits per heavy atom. The number of aryl methyl sites for hydroxylation is 1. The van der Waals surface area contributed by atoms with Gasteiger partial charge in [-0.05, 0) is 62.2 Å². The summed E-state index contributed by atoms with van der Waals surface area (Å²) in [5.74, 6) is -1.10. The molecular formula is C27H29ClN4O5S. The van der Waals surface area contributed by atoms with E-state index in [4.69, 9.17) is 11.6 Å². The number of carboxylic acid groups (broad SMARTS) is 1. The highest BCUT2D eigenvalue weighted by Crippen LogP contribution is 2.25. The molecule has 0 bridgehead atoms. The van der Waals surface area contributed by atoms with Crippen molar-refractivity contribution in [2.24, 2.45) is 0 Å². The van der Waals surface area contributed by atoms with E-state index in [1.807, 2.05) is 18.4 Å². The molecule has 1 atom stereocenters. The van der Waals surface area contributed by atoms with Crippen molar-refractivity contribution < 1.29 is 23.4 Å². The number of nitrogens with zero attached hydrogens (tertiary/aromatic N) is 2. The van der Waals surface area contributed by atoms with Gasteiger partial charge >= 0.3 is 5.97 Å². The molecule has 4 N–H and O–H groups in total. The molecule has 38 heavy (non-hydrogen) atoms. The molecule has 0 aliphatic carbocycles. The number of imidazole rings is 1. The zero-order valence-corrected chi connectivity index (χ0v) is 22.5. The van der Waals surface area contributed by atoms with Crippen molar-refractivity contribution in [3.8, 4) is 0 Å². The molecule has 3 aromatic carbocycles. The number of aliphatic hydroxyl groups excluding tert-OH is 1. The van der Waals surface area contributed by atoms with Gasteiger partial charge in [0.1, 0.15) is 0 Å². The molecule has 0 unspecified atom stereocenters. The van der Waals surface area contributed by atoms with E-state index in [0.717, 1.165) is 0 Å². The van der Waals surface area contributed by atoms with Crippen LogP contribution in [0.15, 0.2) is 78.0 Å². The number of aliphatic hydroxyl groups is 1. The number of nitrogens with one attached hydrogen (secondary N) is 2. The number of halogens is 1. The average Bonchev–Trinajstić information content (AvgIpc) is 3.27. The van der Waals surface area contributed by atoms with Crippen molar-refractivity contribution in [2.45, 2.75) is 43.4 Å². The lowest BCUT2D eigenvalue weighted by Gasteiger charge is -2.28. The fourth-order valence-corrected chi connectivity index (χ4v) is 5.33. The summed E-state index contributed by atoms with van der Waals surface area (Å²) in [6, 6.07) is 17.8. The number of aromatic carboxylic acids is 1. The predicted octanol–water partition coefficient (Wildman–Crippen LogP) is 4.68. The first-order valence-corrected chi connectivity index (χ1v) is 13.8. The van der Waals surface area contributed by atoms with E-state index < -0.39 is 22.1 Å². The molecular weight excluding hydrogens is 528 g/mol. The van der Waals surface area contributed by atoms with Crippen LogP contribution in [0.25, 0.3) is 11.0 Å². The van der Waals surface area contributed by atoms with Crippen molar-refractivity contribution in [1.82, 2.24) is 14.9 Å². The molecule has 9 nitrogen and oxygen atoms in total. The lowest BCUT2D eigenvalue weighted by Crippen LogP contribution is -2.42. The first-order valence-electron chi connectivity index (χ1n) is 11.9. The van der Waals surface area contributed by atoms with E-state index in [0.29, 0.717) is 35.2 Å². The van der Waals surface area contributed by atoms with E-state index in [-0.39, 0.29) is 27.6 Å². The largest absolute Gasteiger partial charge is 0.478 e. The summed E-state index contributed by atoms with van der Waals surface area (Å²) >= 11 is 6.05. The van der Waals surface area contributed by atoms with Crippen LogP contribution < -0.4 is 10.0 Å². The molecule has 200 valence electrons. The maximum atomic E-state index is 12.6. The molecule has 1 heterocycles. The first kappa shape index (κ1) is 27.6. The van der Waals surface area contributed by atoms with Gasteiger partial charge in [0, 0.05) is 24.3 Å². The van der Waals surface area contributed by atoms with Gasteiger partial charge in [0.05, 0.1) is 38.9 Å². The molecule has 0 radical (unpaired) electrons. The van der Waals surface area contributed by atoms with Gasteiger partial charge in [0.15, 0.2) is 0 Å². The van der Waals surface area contributed by atoms with E-state index >= 15 is 0 Å². The van der Waals surface area contributed by atoms with E-state index in [9.17, 15) is 23.4 Å². The quantitative estimate of drug-likeness (QED) is 0.211. The minimum absolute atomic E-state index is 0.0229. The van der Waals surface area contributed by atoms with Gasteiger partial charge in [-0.3, -0.25) is 4.72 Å². The van der Waals surface area contributed by atoms with Crippen LogP contribution in [0.2, 0.25) is 5.02 Å². The fraction of sp³-hybridized carbons (Fsp3) is 0.259. The van der Waals surface area contributed by atoms with Gasteiger partial charge in [0.2, 0.25) is 0 Å². The lowest BCUT2D eigenvalue weighted by atomic mass is 9.99. The molecule has 0 aliphatic heterocycles. The zero-order chi connectivity index (χ0) is 27.5. The third-order valence-electron chi connectivity index (χ3n) is 6.27. The Bertz CT molecular complexity index is 1550. The van der Waals surface area contributed by atoms with Crippen LogP contribution in [0.4, 0.5) is 5.69 Å². The predicted molar refractivity (Wildman–Crippen MR) is 147 cm³/mol. The van der Waals surface area contributed by atoms with E-state index in [1.54, 1.807) is 54.9 Å². The highest BCUT2D eigenvalue weighted by Gasteiger charge is 2.21. The number of hydrogen-bond acceptors (Lipinski definition) is 6. The monoisotopic (exact) mass is 556 g/mol. The first-order chi connectivity index (χ1) is 17.9. The number of sulfonamides is 1. The maximum Gasteiger partial charge on any atom is 0.337 e. The Morgan fingerprint density at radius 3 is 2.55 bits per heavy atom. The number of aromatic nitrogens is 2. The van der Waals surface area contributed by atoms with Crippen LogP contribution in [0.1, 0.15) is 42.3 Å². The van der Waals surface area contributed by atoms with E-state index in [1.165, 1.54) is 18.2 Å². The minimum atomic E-state index is -3.74. The van der Waals surface area contributed by atoms with E-state index in [2.05, 4.69) is 15.0 Å². The summed E-state index contributed by atoms with van der Waals surface area (Å²) in [5.41, 5.74) is 1.86. The third kappa shape index (κ3) is 6.51. The summed E-state index contributed by atoms with van der Waals surface area (Å²) in [6.07, 6.45) is 1.44. The Hall–Kier alpha value is -3.44. The number of benzene rings is 3. The summed E-state index contributed by atoms with van der Waals surface area (Å²) < 4.78 is 29.7. The molecule has 0 aliphatic rings. The van der Waals surface area contributed by atoms with Crippen LogP contribution in [-0.2, 0) is 16.6 Å². The van der Waals surface area contributed by atoms with Gasteiger partial charge in [-0.15, -0.1) is 0 Å². The number of fused-ring (bicyclic) bond motifs is 1. The van der Waals surface area contributed by atoms with Crippen molar-refractivity contribution in [3.05, 3.63) is 89.2 Å². The topological polar surface area (TPSA) is 134 Å². The Morgan fingerprint density at radius 1 is 1.11 bits per heavy atom. The second-order valence-electron chi connectivity index (χ2n) is 9.64. The average molecular weight is 557 g/mol. The Balaban J connectivity index is 1.38. The number of carbonyl (C=O) groups is 1. The van der Waals surface area contributed by atoms with Crippen molar-refractivity contribution >= 4 is 44.3 Å². The van der Waals surface area contributed by atoms with Crippen LogP contribution in [0, 0.1) is 0 Å². The lowest BCUT2D eigenvalue weighted by molar-refractivity contribution is 0.0697. The Kier molecular flexibility index (Phi) is 8.08. The second kappa shape index (κ2) is 11.1. The van der Waals surface area contributed by atoms with Crippen LogP contribution >= 0.6 is 11.6 Å². The molecule has 0 saturated carbocycles. The van der Waals surface area contributed by atoms with Gasteiger partial charge in [0.25, 0.3) is 10.0 Å².